The van der Waals surface area contributed by atoms with Crippen molar-refractivity contribution in [1.82, 2.24) is 10.2 Å². The first-order valence-electron chi connectivity index (χ1n) is 5.88. The van der Waals surface area contributed by atoms with Gasteiger partial charge in [0.2, 0.25) is 0 Å². The quantitative estimate of drug-likeness (QED) is 0.641. The first-order valence-corrected chi connectivity index (χ1v) is 5.88. The normalized spacial score (nSPS) is 20.3. The number of aliphatic hydroxyl groups excluding tert-OH is 1. The third-order valence-corrected chi connectivity index (χ3v) is 2.87. The Labute approximate surface area is 106 Å². The third-order valence-electron chi connectivity index (χ3n) is 2.87. The van der Waals surface area contributed by atoms with Crippen molar-refractivity contribution in [3.63, 3.8) is 0 Å². The molecule has 18 heavy (non-hydrogen) atoms. The van der Waals surface area contributed by atoms with Crippen molar-refractivity contribution in [3.05, 3.63) is 0 Å². The summed E-state index contributed by atoms with van der Waals surface area (Å²) in [5.74, 6) is -1.28. The van der Waals surface area contributed by atoms with Crippen LogP contribution in [-0.4, -0.2) is 65.1 Å². The molecule has 0 aliphatic carbocycles. The topological polar surface area (TPSA) is 99.1 Å². The van der Waals surface area contributed by atoms with Gasteiger partial charge in [-0.05, 0) is 13.8 Å². The second-order valence-corrected chi connectivity index (χ2v) is 4.89. The SMILES string of the molecule is CC1(C)COCCN1C(=O)NCCC(O)C(=O)O. The Morgan fingerprint density at radius 1 is 1.50 bits per heavy atom. The van der Waals surface area contributed by atoms with Gasteiger partial charge in [0.25, 0.3) is 0 Å². The predicted octanol–water partition coefficient (Wildman–Crippen LogP) is -0.358. The van der Waals surface area contributed by atoms with Crippen LogP contribution in [0.3, 0.4) is 0 Å². The Bertz CT molecular complexity index is 319. The molecule has 1 unspecified atom stereocenters. The van der Waals surface area contributed by atoms with Gasteiger partial charge in [0.15, 0.2) is 6.10 Å². The van der Waals surface area contributed by atoms with Gasteiger partial charge >= 0.3 is 12.0 Å². The molecule has 104 valence electrons. The minimum absolute atomic E-state index is 0.00809. The zero-order valence-corrected chi connectivity index (χ0v) is 10.7. The largest absolute Gasteiger partial charge is 0.479 e. The van der Waals surface area contributed by atoms with Crippen LogP contribution in [0.5, 0.6) is 0 Å². The smallest absolute Gasteiger partial charge is 0.332 e. The zero-order valence-electron chi connectivity index (χ0n) is 10.7. The fourth-order valence-electron chi connectivity index (χ4n) is 1.77. The minimum atomic E-state index is -1.44. The first-order chi connectivity index (χ1) is 8.34. The van der Waals surface area contributed by atoms with Crippen LogP contribution in [0.2, 0.25) is 0 Å². The Morgan fingerprint density at radius 3 is 2.72 bits per heavy atom. The summed E-state index contributed by atoms with van der Waals surface area (Å²) in [6.45, 7) is 5.39. The summed E-state index contributed by atoms with van der Waals surface area (Å²) in [7, 11) is 0. The zero-order chi connectivity index (χ0) is 13.8. The highest BCUT2D eigenvalue weighted by atomic mass is 16.5. The van der Waals surface area contributed by atoms with E-state index in [1.54, 1.807) is 4.90 Å². The van der Waals surface area contributed by atoms with Crippen LogP contribution < -0.4 is 5.32 Å². The summed E-state index contributed by atoms with van der Waals surface area (Å²) in [6, 6.07) is -0.263. The summed E-state index contributed by atoms with van der Waals surface area (Å²) >= 11 is 0. The van der Waals surface area contributed by atoms with Gasteiger partial charge in [0.1, 0.15) is 0 Å². The van der Waals surface area contributed by atoms with Crippen LogP contribution in [0, 0.1) is 0 Å². The molecule has 1 saturated heterocycles. The maximum atomic E-state index is 11.9. The average Bonchev–Trinajstić information content (AvgIpc) is 2.27. The van der Waals surface area contributed by atoms with E-state index >= 15 is 0 Å². The standard InChI is InChI=1S/C11H20N2O5/c1-11(2)7-18-6-5-13(11)10(17)12-4-3-8(14)9(15)16/h8,14H,3-7H2,1-2H3,(H,12,17)(H,15,16). The highest BCUT2D eigenvalue weighted by Crippen LogP contribution is 2.18. The maximum absolute atomic E-state index is 11.9. The van der Waals surface area contributed by atoms with E-state index in [1.165, 1.54) is 0 Å². The van der Waals surface area contributed by atoms with Gasteiger partial charge in [-0.2, -0.15) is 0 Å². The van der Waals surface area contributed by atoms with Crippen molar-refractivity contribution in [3.8, 4) is 0 Å². The molecule has 0 aromatic carbocycles. The summed E-state index contributed by atoms with van der Waals surface area (Å²) in [5.41, 5.74) is -0.381. The van der Waals surface area contributed by atoms with E-state index in [1.807, 2.05) is 13.8 Å². The van der Waals surface area contributed by atoms with E-state index in [-0.39, 0.29) is 24.5 Å². The Morgan fingerprint density at radius 2 is 2.17 bits per heavy atom. The molecule has 1 atom stereocenters. The van der Waals surface area contributed by atoms with Crippen LogP contribution in [-0.2, 0) is 9.53 Å². The number of aliphatic carboxylic acids is 1. The van der Waals surface area contributed by atoms with E-state index < -0.39 is 12.1 Å². The lowest BCUT2D eigenvalue weighted by Crippen LogP contribution is -2.58. The van der Waals surface area contributed by atoms with E-state index in [0.717, 1.165) is 0 Å². The second kappa shape index (κ2) is 6.01. The van der Waals surface area contributed by atoms with Gasteiger partial charge < -0.3 is 25.2 Å². The molecular formula is C11H20N2O5. The number of nitrogens with zero attached hydrogens (tertiary/aromatic N) is 1. The van der Waals surface area contributed by atoms with Gasteiger partial charge in [-0.1, -0.05) is 0 Å². The first kappa shape index (κ1) is 14.7. The maximum Gasteiger partial charge on any atom is 0.332 e. The number of nitrogens with one attached hydrogen (secondary N) is 1. The van der Waals surface area contributed by atoms with Crippen LogP contribution in [0.25, 0.3) is 0 Å². The number of carboxylic acids is 1. The molecule has 0 aromatic heterocycles. The van der Waals surface area contributed by atoms with Crippen LogP contribution >= 0.6 is 0 Å². The molecule has 7 heteroatoms. The minimum Gasteiger partial charge on any atom is -0.479 e. The number of hydrogen-bond donors (Lipinski definition) is 3. The lowest BCUT2D eigenvalue weighted by Gasteiger charge is -2.41. The van der Waals surface area contributed by atoms with Crippen LogP contribution in [0.1, 0.15) is 20.3 Å². The Hall–Kier alpha value is -1.34. The van der Waals surface area contributed by atoms with Crippen molar-refractivity contribution < 1.29 is 24.5 Å². The van der Waals surface area contributed by atoms with Gasteiger partial charge in [-0.3, -0.25) is 0 Å². The number of carbonyl (C=O) groups is 2. The van der Waals surface area contributed by atoms with Gasteiger partial charge in [-0.25, -0.2) is 9.59 Å². The molecule has 1 heterocycles. The number of urea groups is 1. The summed E-state index contributed by atoms with van der Waals surface area (Å²) in [5, 5.41) is 20.2. The molecule has 2 amide bonds. The van der Waals surface area contributed by atoms with E-state index in [4.69, 9.17) is 14.9 Å². The molecule has 1 rings (SSSR count). The highest BCUT2D eigenvalue weighted by Gasteiger charge is 2.33. The van der Waals surface area contributed by atoms with Gasteiger partial charge in [0.05, 0.1) is 18.8 Å². The molecule has 0 bridgehead atoms. The van der Waals surface area contributed by atoms with E-state index in [9.17, 15) is 9.59 Å². The molecule has 0 aromatic rings. The van der Waals surface area contributed by atoms with Crippen molar-refractivity contribution in [2.45, 2.75) is 31.9 Å². The number of amides is 2. The van der Waals surface area contributed by atoms with Crippen molar-refractivity contribution in [2.75, 3.05) is 26.3 Å². The Balaban J connectivity index is 2.38. The van der Waals surface area contributed by atoms with Gasteiger partial charge in [-0.15, -0.1) is 0 Å². The van der Waals surface area contributed by atoms with Crippen LogP contribution in [0.4, 0.5) is 4.79 Å². The summed E-state index contributed by atoms with van der Waals surface area (Å²) < 4.78 is 5.30. The van der Waals surface area contributed by atoms with Crippen molar-refractivity contribution in [1.29, 1.82) is 0 Å². The number of carboxylic acid groups (broad SMARTS) is 1. The molecule has 0 spiro atoms. The van der Waals surface area contributed by atoms with Gasteiger partial charge in [0, 0.05) is 19.5 Å². The van der Waals surface area contributed by atoms with Crippen LogP contribution in [0.15, 0.2) is 0 Å². The summed E-state index contributed by atoms with van der Waals surface area (Å²) in [6.07, 6.45) is -1.45. The lowest BCUT2D eigenvalue weighted by atomic mass is 10.0. The fraction of sp³-hybridized carbons (Fsp3) is 0.818. The molecule has 3 N–H and O–H groups in total. The fourth-order valence-corrected chi connectivity index (χ4v) is 1.77. The molecule has 1 fully saturated rings. The van der Waals surface area contributed by atoms with Crippen molar-refractivity contribution in [2.24, 2.45) is 0 Å². The molecule has 7 nitrogen and oxygen atoms in total. The number of carbonyl (C=O) groups excluding carboxylic acids is 1. The second-order valence-electron chi connectivity index (χ2n) is 4.89. The molecule has 1 aliphatic rings. The number of hydrogen-bond acceptors (Lipinski definition) is 4. The van der Waals surface area contributed by atoms with Crippen molar-refractivity contribution >= 4 is 12.0 Å². The summed E-state index contributed by atoms with van der Waals surface area (Å²) in [4.78, 5) is 23.9. The predicted molar refractivity (Wildman–Crippen MR) is 63.3 cm³/mol. The average molecular weight is 260 g/mol. The van der Waals surface area contributed by atoms with E-state index in [2.05, 4.69) is 5.32 Å². The molecular weight excluding hydrogens is 240 g/mol. The third kappa shape index (κ3) is 3.85. The highest BCUT2D eigenvalue weighted by molar-refractivity contribution is 5.75. The number of morpholine rings is 1. The molecule has 1 aliphatic heterocycles. The molecule has 0 radical (unpaired) electrons. The van der Waals surface area contributed by atoms with E-state index in [0.29, 0.717) is 19.8 Å². The monoisotopic (exact) mass is 260 g/mol. The number of ether oxygens (including phenoxy) is 1. The lowest BCUT2D eigenvalue weighted by molar-refractivity contribution is -0.146. The Kier molecular flexibility index (Phi) is 4.92. The number of rotatable bonds is 4. The number of aliphatic hydroxyl groups is 1. The molecule has 0 saturated carbocycles.